The molecule has 2 aromatic rings. The van der Waals surface area contributed by atoms with Crippen LogP contribution in [0.15, 0.2) is 46.9 Å². The van der Waals surface area contributed by atoms with Crippen LogP contribution in [0.1, 0.15) is 12.5 Å². The summed E-state index contributed by atoms with van der Waals surface area (Å²) in [5.74, 6) is 0.549. The molecule has 0 aliphatic heterocycles. The maximum absolute atomic E-state index is 13.7. The number of halogens is 2. The molecular weight excluding hydrogens is 309 g/mol. The Morgan fingerprint density at radius 2 is 1.95 bits per heavy atom. The van der Waals surface area contributed by atoms with E-state index in [2.05, 4.69) is 21.2 Å². The molecule has 0 aliphatic rings. The highest BCUT2D eigenvalue weighted by atomic mass is 79.9. The first-order valence-electron chi connectivity index (χ1n) is 6.11. The Bertz CT molecular complexity index is 539. The molecule has 100 valence electrons. The molecule has 0 saturated carbocycles. The monoisotopic (exact) mass is 323 g/mol. The third kappa shape index (κ3) is 3.47. The van der Waals surface area contributed by atoms with Gasteiger partial charge in [-0.3, -0.25) is 0 Å². The lowest BCUT2D eigenvalue weighted by atomic mass is 10.2. The van der Waals surface area contributed by atoms with Crippen LogP contribution in [0.4, 0.5) is 10.1 Å². The molecule has 0 bridgehead atoms. The highest BCUT2D eigenvalue weighted by Crippen LogP contribution is 2.27. The van der Waals surface area contributed by atoms with Gasteiger partial charge in [-0.25, -0.2) is 4.39 Å². The number of anilines is 1. The van der Waals surface area contributed by atoms with Crippen molar-refractivity contribution < 1.29 is 9.13 Å². The maximum Gasteiger partial charge on any atom is 0.147 e. The molecule has 0 unspecified atom stereocenters. The van der Waals surface area contributed by atoms with E-state index in [1.165, 1.54) is 6.07 Å². The lowest BCUT2D eigenvalue weighted by Gasteiger charge is -2.13. The number of hydrogen-bond acceptors (Lipinski definition) is 2. The van der Waals surface area contributed by atoms with Crippen LogP contribution in [-0.4, -0.2) is 6.61 Å². The Hall–Kier alpha value is -1.55. The van der Waals surface area contributed by atoms with Gasteiger partial charge in [0, 0.05) is 16.6 Å². The lowest BCUT2D eigenvalue weighted by molar-refractivity contribution is 0.337. The molecule has 2 nitrogen and oxygen atoms in total. The topological polar surface area (TPSA) is 21.3 Å². The molecule has 0 spiro atoms. The van der Waals surface area contributed by atoms with E-state index in [4.69, 9.17) is 4.74 Å². The quantitative estimate of drug-likeness (QED) is 0.868. The molecule has 19 heavy (non-hydrogen) atoms. The summed E-state index contributed by atoms with van der Waals surface area (Å²) in [5, 5.41) is 3.09. The fourth-order valence-electron chi connectivity index (χ4n) is 1.80. The third-order valence-electron chi connectivity index (χ3n) is 2.69. The summed E-state index contributed by atoms with van der Waals surface area (Å²) in [7, 11) is 0. The molecule has 0 amide bonds. The van der Waals surface area contributed by atoms with Gasteiger partial charge in [0.2, 0.25) is 0 Å². The van der Waals surface area contributed by atoms with Gasteiger partial charge < -0.3 is 10.1 Å². The van der Waals surface area contributed by atoms with Crippen LogP contribution in [0.3, 0.4) is 0 Å². The van der Waals surface area contributed by atoms with Crippen molar-refractivity contribution in [3.8, 4) is 5.75 Å². The molecule has 0 atom stereocenters. The highest BCUT2D eigenvalue weighted by Gasteiger charge is 2.07. The van der Waals surface area contributed by atoms with Gasteiger partial charge in [-0.05, 0) is 41.1 Å². The van der Waals surface area contributed by atoms with Crippen LogP contribution in [0, 0.1) is 5.82 Å². The zero-order valence-electron chi connectivity index (χ0n) is 10.6. The van der Waals surface area contributed by atoms with Crippen LogP contribution >= 0.6 is 15.9 Å². The molecule has 0 heterocycles. The van der Waals surface area contributed by atoms with Gasteiger partial charge in [0.15, 0.2) is 0 Å². The molecule has 0 saturated heterocycles. The standard InChI is InChI=1S/C15H15BrFNO/c1-2-19-14-9-4-3-6-11(14)10-18-15-12(16)7-5-8-13(15)17/h3-9,18H,2,10H2,1H3. The van der Waals surface area contributed by atoms with Gasteiger partial charge >= 0.3 is 0 Å². The number of rotatable bonds is 5. The molecular formula is C15H15BrFNO. The Balaban J connectivity index is 2.15. The number of nitrogens with one attached hydrogen (secondary N) is 1. The van der Waals surface area contributed by atoms with E-state index in [9.17, 15) is 4.39 Å². The first-order valence-corrected chi connectivity index (χ1v) is 6.90. The fraction of sp³-hybridized carbons (Fsp3) is 0.200. The van der Waals surface area contributed by atoms with Crippen molar-refractivity contribution >= 4 is 21.6 Å². The summed E-state index contributed by atoms with van der Waals surface area (Å²) in [5.41, 5.74) is 1.47. The molecule has 0 aliphatic carbocycles. The van der Waals surface area contributed by atoms with Crippen LogP contribution in [0.25, 0.3) is 0 Å². The van der Waals surface area contributed by atoms with Crippen LogP contribution in [-0.2, 0) is 6.54 Å². The summed E-state index contributed by atoms with van der Waals surface area (Å²) in [6.07, 6.45) is 0. The van der Waals surface area contributed by atoms with Gasteiger partial charge in [0.1, 0.15) is 11.6 Å². The van der Waals surface area contributed by atoms with E-state index in [1.807, 2.05) is 31.2 Å². The van der Waals surface area contributed by atoms with Crippen molar-refractivity contribution in [1.29, 1.82) is 0 Å². The molecule has 4 heteroatoms. The smallest absolute Gasteiger partial charge is 0.147 e. The van der Waals surface area contributed by atoms with Crippen LogP contribution in [0.2, 0.25) is 0 Å². The largest absolute Gasteiger partial charge is 0.494 e. The minimum absolute atomic E-state index is 0.275. The second-order valence-electron chi connectivity index (χ2n) is 3.99. The minimum atomic E-state index is -0.275. The van der Waals surface area contributed by atoms with Gasteiger partial charge in [0.05, 0.1) is 12.3 Å². The maximum atomic E-state index is 13.7. The van der Waals surface area contributed by atoms with Gasteiger partial charge in [0.25, 0.3) is 0 Å². The summed E-state index contributed by atoms with van der Waals surface area (Å²) >= 11 is 3.34. The Kier molecular flexibility index (Phi) is 4.80. The van der Waals surface area contributed by atoms with Gasteiger partial charge in [-0.1, -0.05) is 24.3 Å². The zero-order chi connectivity index (χ0) is 13.7. The summed E-state index contributed by atoms with van der Waals surface area (Å²) < 4.78 is 19.9. The van der Waals surface area contributed by atoms with Crippen LogP contribution < -0.4 is 10.1 Å². The average molecular weight is 324 g/mol. The highest BCUT2D eigenvalue weighted by molar-refractivity contribution is 9.10. The zero-order valence-corrected chi connectivity index (χ0v) is 12.2. The van der Waals surface area contributed by atoms with Gasteiger partial charge in [-0.15, -0.1) is 0 Å². The first kappa shape index (κ1) is 13.9. The second-order valence-corrected chi connectivity index (χ2v) is 4.85. The van der Waals surface area contributed by atoms with Crippen molar-refractivity contribution in [2.75, 3.05) is 11.9 Å². The molecule has 0 radical (unpaired) electrons. The Labute approximate surface area is 120 Å². The van der Waals surface area contributed by atoms with E-state index < -0.39 is 0 Å². The molecule has 1 N–H and O–H groups in total. The second kappa shape index (κ2) is 6.57. The van der Waals surface area contributed by atoms with E-state index in [-0.39, 0.29) is 5.82 Å². The first-order chi connectivity index (χ1) is 9.22. The van der Waals surface area contributed by atoms with Crippen LogP contribution in [0.5, 0.6) is 5.75 Å². The minimum Gasteiger partial charge on any atom is -0.494 e. The Morgan fingerprint density at radius 1 is 1.16 bits per heavy atom. The Morgan fingerprint density at radius 3 is 2.68 bits per heavy atom. The summed E-state index contributed by atoms with van der Waals surface area (Å²) in [6.45, 7) is 3.06. The number of para-hydroxylation sites is 2. The van der Waals surface area contributed by atoms with Gasteiger partial charge in [-0.2, -0.15) is 0 Å². The third-order valence-corrected chi connectivity index (χ3v) is 3.35. The van der Waals surface area contributed by atoms with Crippen molar-refractivity contribution in [2.24, 2.45) is 0 Å². The molecule has 2 aromatic carbocycles. The van der Waals surface area contributed by atoms with E-state index >= 15 is 0 Å². The SMILES string of the molecule is CCOc1ccccc1CNc1c(F)cccc1Br. The van der Waals surface area contributed by atoms with Crippen molar-refractivity contribution in [3.05, 3.63) is 58.3 Å². The molecule has 2 rings (SSSR count). The van der Waals surface area contributed by atoms with E-state index in [1.54, 1.807) is 12.1 Å². The van der Waals surface area contributed by atoms with E-state index in [0.717, 1.165) is 11.3 Å². The predicted octanol–water partition coefficient (Wildman–Crippen LogP) is 4.60. The number of benzene rings is 2. The van der Waals surface area contributed by atoms with Crippen molar-refractivity contribution in [1.82, 2.24) is 0 Å². The lowest BCUT2D eigenvalue weighted by Crippen LogP contribution is -2.04. The summed E-state index contributed by atoms with van der Waals surface area (Å²) in [4.78, 5) is 0. The molecule has 0 fully saturated rings. The predicted molar refractivity (Wildman–Crippen MR) is 79.0 cm³/mol. The van der Waals surface area contributed by atoms with E-state index in [0.29, 0.717) is 23.3 Å². The van der Waals surface area contributed by atoms with Crippen molar-refractivity contribution in [2.45, 2.75) is 13.5 Å². The average Bonchev–Trinajstić information content (AvgIpc) is 2.40. The molecule has 0 aromatic heterocycles. The fourth-order valence-corrected chi connectivity index (χ4v) is 2.28. The normalized spacial score (nSPS) is 10.3. The number of hydrogen-bond donors (Lipinski definition) is 1. The summed E-state index contributed by atoms with van der Waals surface area (Å²) in [6, 6.07) is 12.6. The van der Waals surface area contributed by atoms with Crippen molar-refractivity contribution in [3.63, 3.8) is 0 Å². The number of ether oxygens (including phenoxy) is 1.